The molecule has 5 heteroatoms. The number of halogens is 3. The molecular formula is C21H18BrF2NO. The molecule has 2 nitrogen and oxygen atoms in total. The first kappa shape index (κ1) is 18.5. The van der Waals surface area contributed by atoms with Gasteiger partial charge in [0.15, 0.2) is 0 Å². The van der Waals surface area contributed by atoms with Crippen molar-refractivity contribution in [2.24, 2.45) is 0 Å². The Kier molecular flexibility index (Phi) is 5.67. The van der Waals surface area contributed by atoms with Crippen LogP contribution < -0.4 is 5.56 Å². The zero-order valence-electron chi connectivity index (χ0n) is 14.3. The lowest BCUT2D eigenvalue weighted by molar-refractivity contribution is 0.571. The molecule has 0 spiro atoms. The standard InChI is InChI=1S/C21H18BrF2NO/c1-14-11-17(8-7-16-9-10-18(23)12-19(16)24)20(22)21(26)25(14)13-15-5-3-2-4-6-15/h2-6,9-12H,7-8,13H2,1H3. The van der Waals surface area contributed by atoms with Gasteiger partial charge in [0.2, 0.25) is 0 Å². The van der Waals surface area contributed by atoms with Crippen LogP contribution in [-0.2, 0) is 19.4 Å². The minimum atomic E-state index is -0.591. The first-order chi connectivity index (χ1) is 12.5. The number of hydrogen-bond donors (Lipinski definition) is 0. The van der Waals surface area contributed by atoms with Gasteiger partial charge in [-0.05, 0) is 64.5 Å². The lowest BCUT2D eigenvalue weighted by Gasteiger charge is -2.14. The van der Waals surface area contributed by atoms with Gasteiger partial charge in [0, 0.05) is 11.8 Å². The Bertz CT molecular complexity index is 983. The number of benzene rings is 2. The summed E-state index contributed by atoms with van der Waals surface area (Å²) in [6, 6.07) is 15.3. The van der Waals surface area contributed by atoms with Gasteiger partial charge in [-0.3, -0.25) is 4.79 Å². The smallest absolute Gasteiger partial charge is 0.265 e. The number of nitrogens with zero attached hydrogens (tertiary/aromatic N) is 1. The summed E-state index contributed by atoms with van der Waals surface area (Å²) in [5.41, 5.74) is 3.04. The van der Waals surface area contributed by atoms with Gasteiger partial charge >= 0.3 is 0 Å². The molecule has 0 amide bonds. The van der Waals surface area contributed by atoms with E-state index in [1.165, 1.54) is 12.1 Å². The van der Waals surface area contributed by atoms with E-state index in [0.29, 0.717) is 29.4 Å². The SMILES string of the molecule is Cc1cc(CCc2ccc(F)cc2F)c(Br)c(=O)n1Cc1ccccc1. The van der Waals surface area contributed by atoms with Crippen LogP contribution in [-0.4, -0.2) is 4.57 Å². The molecule has 2 aromatic carbocycles. The van der Waals surface area contributed by atoms with E-state index >= 15 is 0 Å². The Labute approximate surface area is 159 Å². The van der Waals surface area contributed by atoms with Crippen molar-refractivity contribution in [3.63, 3.8) is 0 Å². The predicted molar refractivity (Wildman–Crippen MR) is 102 cm³/mol. The Morgan fingerprint density at radius 1 is 0.962 bits per heavy atom. The highest BCUT2D eigenvalue weighted by Crippen LogP contribution is 2.19. The maximum atomic E-state index is 13.8. The minimum absolute atomic E-state index is 0.108. The summed E-state index contributed by atoms with van der Waals surface area (Å²) in [5, 5.41) is 0. The van der Waals surface area contributed by atoms with Gasteiger partial charge in [0.25, 0.3) is 5.56 Å². The highest BCUT2D eigenvalue weighted by molar-refractivity contribution is 9.10. The molecule has 0 aliphatic carbocycles. The van der Waals surface area contributed by atoms with Crippen LogP contribution >= 0.6 is 15.9 Å². The Balaban J connectivity index is 1.84. The third kappa shape index (κ3) is 4.10. The summed E-state index contributed by atoms with van der Waals surface area (Å²) in [4.78, 5) is 12.7. The van der Waals surface area contributed by atoms with E-state index in [-0.39, 0.29) is 5.56 Å². The molecule has 1 aromatic heterocycles. The van der Waals surface area contributed by atoms with Crippen molar-refractivity contribution >= 4 is 15.9 Å². The molecule has 0 aliphatic heterocycles. The van der Waals surface area contributed by atoms with Crippen LogP contribution in [0.25, 0.3) is 0 Å². The average molecular weight is 418 g/mol. The molecule has 0 atom stereocenters. The third-order valence-electron chi connectivity index (χ3n) is 4.39. The van der Waals surface area contributed by atoms with Crippen LogP contribution in [0, 0.1) is 18.6 Å². The largest absolute Gasteiger partial charge is 0.308 e. The maximum absolute atomic E-state index is 13.8. The molecule has 0 unspecified atom stereocenters. The van der Waals surface area contributed by atoms with Crippen molar-refractivity contribution in [3.8, 4) is 0 Å². The van der Waals surface area contributed by atoms with Gasteiger partial charge in [-0.1, -0.05) is 36.4 Å². The van der Waals surface area contributed by atoms with Crippen LogP contribution in [0.1, 0.15) is 22.4 Å². The van der Waals surface area contributed by atoms with Crippen LogP contribution in [0.3, 0.4) is 0 Å². The summed E-state index contributed by atoms with van der Waals surface area (Å²) in [5.74, 6) is -1.15. The Morgan fingerprint density at radius 2 is 1.65 bits per heavy atom. The summed E-state index contributed by atoms with van der Waals surface area (Å²) < 4.78 is 29.0. The van der Waals surface area contributed by atoms with Crippen molar-refractivity contribution in [1.29, 1.82) is 0 Å². The molecular weight excluding hydrogens is 400 g/mol. The lowest BCUT2D eigenvalue weighted by atomic mass is 10.0. The quantitative estimate of drug-likeness (QED) is 0.570. The molecule has 3 rings (SSSR count). The van der Waals surface area contributed by atoms with Gasteiger partial charge in [0.05, 0.1) is 11.0 Å². The van der Waals surface area contributed by atoms with Crippen LogP contribution in [0.4, 0.5) is 8.78 Å². The number of aromatic nitrogens is 1. The molecule has 0 N–H and O–H groups in total. The van der Waals surface area contributed by atoms with Gasteiger partial charge in [-0.15, -0.1) is 0 Å². The highest BCUT2D eigenvalue weighted by Gasteiger charge is 2.12. The molecule has 134 valence electrons. The minimum Gasteiger partial charge on any atom is -0.308 e. The third-order valence-corrected chi connectivity index (χ3v) is 5.23. The average Bonchev–Trinajstić information content (AvgIpc) is 2.63. The van der Waals surface area contributed by atoms with Crippen molar-refractivity contribution in [2.75, 3.05) is 0 Å². The lowest BCUT2D eigenvalue weighted by Crippen LogP contribution is -2.25. The first-order valence-electron chi connectivity index (χ1n) is 8.32. The summed E-state index contributed by atoms with van der Waals surface area (Å²) >= 11 is 3.40. The van der Waals surface area contributed by atoms with Crippen molar-refractivity contribution < 1.29 is 8.78 Å². The van der Waals surface area contributed by atoms with Crippen molar-refractivity contribution in [3.05, 3.63) is 103 Å². The highest BCUT2D eigenvalue weighted by atomic mass is 79.9. The maximum Gasteiger partial charge on any atom is 0.265 e. The number of rotatable bonds is 5. The van der Waals surface area contributed by atoms with E-state index in [1.54, 1.807) is 4.57 Å². The fraction of sp³-hybridized carbons (Fsp3) is 0.190. The van der Waals surface area contributed by atoms with Gasteiger partial charge in [0.1, 0.15) is 11.6 Å². The van der Waals surface area contributed by atoms with E-state index in [9.17, 15) is 13.6 Å². The second-order valence-corrected chi connectivity index (χ2v) is 7.03. The topological polar surface area (TPSA) is 22.0 Å². The van der Waals surface area contributed by atoms with Gasteiger partial charge in [-0.25, -0.2) is 8.78 Å². The number of hydrogen-bond acceptors (Lipinski definition) is 1. The van der Waals surface area contributed by atoms with E-state index in [0.717, 1.165) is 22.9 Å². The molecule has 0 aliphatic rings. The van der Waals surface area contributed by atoms with E-state index in [2.05, 4.69) is 15.9 Å². The number of aryl methyl sites for hydroxylation is 3. The molecule has 0 saturated heterocycles. The normalized spacial score (nSPS) is 10.9. The zero-order chi connectivity index (χ0) is 18.7. The summed E-state index contributed by atoms with van der Waals surface area (Å²) in [6.07, 6.45) is 0.887. The van der Waals surface area contributed by atoms with Crippen LogP contribution in [0.15, 0.2) is 63.9 Å². The molecule has 0 fully saturated rings. The van der Waals surface area contributed by atoms with E-state index < -0.39 is 11.6 Å². The second-order valence-electron chi connectivity index (χ2n) is 6.24. The van der Waals surface area contributed by atoms with Crippen LogP contribution in [0.5, 0.6) is 0 Å². The van der Waals surface area contributed by atoms with Crippen LogP contribution in [0.2, 0.25) is 0 Å². The first-order valence-corrected chi connectivity index (χ1v) is 9.11. The fourth-order valence-electron chi connectivity index (χ4n) is 2.95. The Morgan fingerprint density at radius 3 is 2.35 bits per heavy atom. The van der Waals surface area contributed by atoms with Crippen molar-refractivity contribution in [1.82, 2.24) is 4.57 Å². The van der Waals surface area contributed by atoms with Gasteiger partial charge in [-0.2, -0.15) is 0 Å². The van der Waals surface area contributed by atoms with E-state index in [1.807, 2.05) is 43.3 Å². The summed E-state index contributed by atoms with van der Waals surface area (Å²) in [7, 11) is 0. The molecule has 26 heavy (non-hydrogen) atoms. The van der Waals surface area contributed by atoms with Crippen molar-refractivity contribution in [2.45, 2.75) is 26.3 Å². The molecule has 0 radical (unpaired) electrons. The molecule has 0 saturated carbocycles. The Hall–Kier alpha value is -2.27. The molecule has 0 bridgehead atoms. The fourth-order valence-corrected chi connectivity index (χ4v) is 3.47. The number of pyridine rings is 1. The molecule has 3 aromatic rings. The monoisotopic (exact) mass is 417 g/mol. The van der Waals surface area contributed by atoms with E-state index in [4.69, 9.17) is 0 Å². The second kappa shape index (κ2) is 7.96. The predicted octanol–water partition coefficient (Wildman–Crippen LogP) is 5.03. The summed E-state index contributed by atoms with van der Waals surface area (Å²) in [6.45, 7) is 2.38. The zero-order valence-corrected chi connectivity index (χ0v) is 15.9. The molecule has 1 heterocycles. The van der Waals surface area contributed by atoms with Gasteiger partial charge < -0.3 is 4.57 Å².